The summed E-state index contributed by atoms with van der Waals surface area (Å²) in [7, 11) is 0. The quantitative estimate of drug-likeness (QED) is 0.502. The van der Waals surface area contributed by atoms with Crippen molar-refractivity contribution in [3.63, 3.8) is 0 Å². The fourth-order valence-corrected chi connectivity index (χ4v) is 2.99. The Morgan fingerprint density at radius 1 is 1.35 bits per heavy atom. The number of nitro groups is 1. The summed E-state index contributed by atoms with van der Waals surface area (Å²) in [6.07, 6.45) is 1.74. The number of halogens is 1. The lowest BCUT2D eigenvalue weighted by molar-refractivity contribution is -0.384. The number of aryl methyl sites for hydroxylation is 1. The molecule has 116 valence electrons. The van der Waals surface area contributed by atoms with Crippen LogP contribution >= 0.6 is 22.9 Å². The first-order valence-corrected chi connectivity index (χ1v) is 7.75. The van der Waals surface area contributed by atoms with Crippen LogP contribution in [0.15, 0.2) is 40.8 Å². The number of nitrogens with zero attached hydrogens (tertiary/aromatic N) is 3. The number of hydrogen-bond acceptors (Lipinski definition) is 6. The van der Waals surface area contributed by atoms with Crippen molar-refractivity contribution in [2.75, 3.05) is 0 Å². The summed E-state index contributed by atoms with van der Waals surface area (Å²) in [6, 6.07) is 9.92. The summed E-state index contributed by atoms with van der Waals surface area (Å²) in [6.45, 7) is 2.00. The molecular weight excluding hydrogens is 338 g/mol. The van der Waals surface area contributed by atoms with Crippen molar-refractivity contribution in [3.05, 3.63) is 62.2 Å². The molecule has 3 aromatic rings. The smallest absolute Gasteiger partial charge is 0.270 e. The van der Waals surface area contributed by atoms with Crippen LogP contribution in [0.25, 0.3) is 22.6 Å². The highest BCUT2D eigenvalue weighted by Gasteiger charge is 2.14. The van der Waals surface area contributed by atoms with Crippen LogP contribution in [0.3, 0.4) is 0 Å². The predicted octanol–water partition coefficient (Wildman–Crippen LogP) is 4.75. The van der Waals surface area contributed by atoms with E-state index < -0.39 is 4.92 Å². The fourth-order valence-electron chi connectivity index (χ4n) is 1.91. The van der Waals surface area contributed by atoms with Gasteiger partial charge in [0.15, 0.2) is 0 Å². The van der Waals surface area contributed by atoms with Crippen molar-refractivity contribution in [2.45, 2.75) is 6.92 Å². The lowest BCUT2D eigenvalue weighted by Gasteiger charge is -1.95. The van der Waals surface area contributed by atoms with Gasteiger partial charge in [0.05, 0.1) is 4.92 Å². The molecule has 8 heteroatoms. The molecule has 0 atom stereocenters. The maximum atomic E-state index is 10.8. The van der Waals surface area contributed by atoms with Crippen LogP contribution in [0.2, 0.25) is 0 Å². The van der Waals surface area contributed by atoms with Gasteiger partial charge in [0, 0.05) is 27.5 Å². The van der Waals surface area contributed by atoms with Gasteiger partial charge >= 0.3 is 0 Å². The van der Waals surface area contributed by atoms with E-state index in [1.807, 2.05) is 19.1 Å². The lowest BCUT2D eigenvalue weighted by atomic mass is 10.2. The molecule has 2 aromatic heterocycles. The van der Waals surface area contributed by atoms with Crippen LogP contribution < -0.4 is 0 Å². The van der Waals surface area contributed by atoms with Crippen molar-refractivity contribution in [1.29, 1.82) is 0 Å². The molecule has 0 saturated heterocycles. The number of hydrogen-bond donors (Lipinski definition) is 0. The number of rotatable bonds is 4. The van der Waals surface area contributed by atoms with E-state index in [1.54, 1.807) is 29.5 Å². The fraction of sp³-hybridized carbons (Fsp3) is 0.0667. The van der Waals surface area contributed by atoms with E-state index in [0.717, 1.165) is 4.88 Å². The van der Waals surface area contributed by atoms with E-state index in [1.165, 1.54) is 17.0 Å². The van der Waals surface area contributed by atoms with E-state index in [-0.39, 0.29) is 17.5 Å². The third kappa shape index (κ3) is 3.46. The highest BCUT2D eigenvalue weighted by Crippen LogP contribution is 2.28. The molecule has 0 unspecified atom stereocenters. The van der Waals surface area contributed by atoms with E-state index in [0.29, 0.717) is 10.6 Å². The summed E-state index contributed by atoms with van der Waals surface area (Å²) >= 11 is 7.79. The average Bonchev–Trinajstić information content (AvgIpc) is 3.16. The monoisotopic (exact) mass is 347 g/mol. The van der Waals surface area contributed by atoms with Gasteiger partial charge in [-0.25, -0.2) is 0 Å². The van der Waals surface area contributed by atoms with Gasteiger partial charge in [-0.15, -0.1) is 21.5 Å². The number of nitro benzene ring substituents is 1. The van der Waals surface area contributed by atoms with Crippen molar-refractivity contribution in [2.24, 2.45) is 0 Å². The largest absolute Gasteiger partial charge is 0.415 e. The third-order valence-electron chi connectivity index (χ3n) is 2.96. The summed E-state index contributed by atoms with van der Waals surface area (Å²) < 4.78 is 5.50. The van der Waals surface area contributed by atoms with Gasteiger partial charge in [0.2, 0.25) is 5.89 Å². The predicted molar refractivity (Wildman–Crippen MR) is 89.2 cm³/mol. The van der Waals surface area contributed by atoms with Crippen LogP contribution in [0.1, 0.15) is 15.6 Å². The van der Waals surface area contributed by atoms with Gasteiger partial charge < -0.3 is 4.42 Å². The average molecular weight is 348 g/mol. The zero-order valence-corrected chi connectivity index (χ0v) is 13.5. The van der Waals surface area contributed by atoms with Crippen molar-refractivity contribution < 1.29 is 9.34 Å². The Hall–Kier alpha value is -2.51. The summed E-state index contributed by atoms with van der Waals surface area (Å²) in [4.78, 5) is 12.5. The second-order valence-electron chi connectivity index (χ2n) is 4.66. The molecule has 0 aliphatic heterocycles. The normalized spacial score (nSPS) is 11.7. The molecule has 23 heavy (non-hydrogen) atoms. The van der Waals surface area contributed by atoms with Crippen LogP contribution in [0.5, 0.6) is 0 Å². The second-order valence-corrected chi connectivity index (χ2v) is 6.39. The van der Waals surface area contributed by atoms with Crippen LogP contribution in [-0.2, 0) is 0 Å². The minimum Gasteiger partial charge on any atom is -0.415 e. The standard InChI is InChI=1S/C15H10ClN3O3S/c1-9-5-6-12(23-9)8-13(16)15-18-17-14(22-15)10-3-2-4-11(7-10)19(20)21/h2-8H,1H3/b13-8-. The third-order valence-corrected chi connectivity index (χ3v) is 4.18. The SMILES string of the molecule is Cc1ccc(/C=C(\Cl)c2nnc(-c3cccc([N+](=O)[O-])c3)o2)s1. The molecule has 0 bridgehead atoms. The molecule has 0 aliphatic carbocycles. The van der Waals surface area contributed by atoms with Crippen molar-refractivity contribution >= 4 is 39.7 Å². The Morgan fingerprint density at radius 2 is 2.17 bits per heavy atom. The number of non-ortho nitro benzene ring substituents is 1. The van der Waals surface area contributed by atoms with E-state index in [2.05, 4.69) is 10.2 Å². The molecule has 0 radical (unpaired) electrons. The Bertz CT molecular complexity index is 901. The molecule has 0 aliphatic rings. The van der Waals surface area contributed by atoms with Crippen molar-refractivity contribution in [3.8, 4) is 11.5 Å². The Morgan fingerprint density at radius 3 is 2.87 bits per heavy atom. The molecular formula is C15H10ClN3O3S. The number of aromatic nitrogens is 2. The van der Waals surface area contributed by atoms with Gasteiger partial charge in [0.25, 0.3) is 11.6 Å². The summed E-state index contributed by atoms with van der Waals surface area (Å²) in [5, 5.41) is 18.9. The van der Waals surface area contributed by atoms with Gasteiger partial charge in [0.1, 0.15) is 5.03 Å². The Balaban J connectivity index is 1.89. The molecule has 6 nitrogen and oxygen atoms in total. The van der Waals surface area contributed by atoms with E-state index >= 15 is 0 Å². The second kappa shape index (κ2) is 6.31. The molecule has 2 heterocycles. The highest BCUT2D eigenvalue weighted by atomic mass is 35.5. The van der Waals surface area contributed by atoms with Gasteiger partial charge in [-0.2, -0.15) is 0 Å². The summed E-state index contributed by atoms with van der Waals surface area (Å²) in [5.41, 5.74) is 0.423. The molecule has 0 N–H and O–H groups in total. The molecule has 0 fully saturated rings. The number of benzene rings is 1. The maximum absolute atomic E-state index is 10.8. The molecule has 0 saturated carbocycles. The molecule has 3 rings (SSSR count). The number of thiophene rings is 1. The van der Waals surface area contributed by atoms with Gasteiger partial charge in [-0.3, -0.25) is 10.1 Å². The zero-order valence-electron chi connectivity index (χ0n) is 11.9. The molecule has 1 aromatic carbocycles. The van der Waals surface area contributed by atoms with Crippen LogP contribution in [-0.4, -0.2) is 15.1 Å². The van der Waals surface area contributed by atoms with E-state index in [9.17, 15) is 10.1 Å². The molecule has 0 amide bonds. The lowest BCUT2D eigenvalue weighted by Crippen LogP contribution is -1.88. The Labute approximate surface area is 140 Å². The highest BCUT2D eigenvalue weighted by molar-refractivity contribution is 7.12. The minimum atomic E-state index is -0.479. The maximum Gasteiger partial charge on any atom is 0.270 e. The first-order valence-electron chi connectivity index (χ1n) is 6.55. The van der Waals surface area contributed by atoms with Gasteiger partial charge in [-0.05, 0) is 31.2 Å². The first-order chi connectivity index (χ1) is 11.0. The zero-order chi connectivity index (χ0) is 16.4. The minimum absolute atomic E-state index is 0.0436. The van der Waals surface area contributed by atoms with Crippen molar-refractivity contribution in [1.82, 2.24) is 10.2 Å². The first kappa shape index (κ1) is 15.4. The van der Waals surface area contributed by atoms with Crippen LogP contribution in [0.4, 0.5) is 5.69 Å². The van der Waals surface area contributed by atoms with Gasteiger partial charge in [-0.1, -0.05) is 17.7 Å². The van der Waals surface area contributed by atoms with Crippen LogP contribution in [0, 0.1) is 17.0 Å². The topological polar surface area (TPSA) is 82.1 Å². The summed E-state index contributed by atoms with van der Waals surface area (Å²) in [5.74, 6) is 0.344. The molecule has 0 spiro atoms. The Kier molecular flexibility index (Phi) is 4.22. The van der Waals surface area contributed by atoms with E-state index in [4.69, 9.17) is 16.0 Å².